The van der Waals surface area contributed by atoms with Crippen LogP contribution in [0.5, 0.6) is 0 Å². The number of hydrazone groups is 1. The molecule has 3 nitrogen and oxygen atoms in total. The van der Waals surface area contributed by atoms with Crippen molar-refractivity contribution >= 4 is 69.2 Å². The number of carbonyl (C=O) groups is 1. The average molecular weight is 457 g/mol. The first-order chi connectivity index (χ1) is 11.0. The summed E-state index contributed by atoms with van der Waals surface area (Å²) in [5.74, 6) is -0.181. The Morgan fingerprint density at radius 2 is 1.91 bits per heavy atom. The van der Waals surface area contributed by atoms with E-state index < -0.39 is 0 Å². The molecule has 0 aromatic heterocycles. The van der Waals surface area contributed by atoms with Gasteiger partial charge in [-0.2, -0.15) is 10.1 Å². The molecule has 0 radical (unpaired) electrons. The minimum Gasteiger partial charge on any atom is -0.267 e. The van der Waals surface area contributed by atoms with Crippen molar-refractivity contribution in [1.82, 2.24) is 0 Å². The minimum atomic E-state index is -0.181. The van der Waals surface area contributed by atoms with Crippen LogP contribution < -0.4 is 5.01 Å². The van der Waals surface area contributed by atoms with Gasteiger partial charge in [0.05, 0.1) is 27.0 Å². The number of anilines is 1. The summed E-state index contributed by atoms with van der Waals surface area (Å²) in [5, 5.41) is 6.51. The molecular formula is C17H11Cl2IN2O. The summed E-state index contributed by atoms with van der Waals surface area (Å²) in [4.78, 5) is 12.7. The van der Waals surface area contributed by atoms with E-state index in [0.29, 0.717) is 27.0 Å². The van der Waals surface area contributed by atoms with E-state index in [1.807, 2.05) is 37.3 Å². The first-order valence-electron chi connectivity index (χ1n) is 6.78. The third-order valence-corrected chi connectivity index (χ3v) is 4.78. The molecule has 3 rings (SSSR count). The highest BCUT2D eigenvalue weighted by atomic mass is 127. The van der Waals surface area contributed by atoms with Crippen LogP contribution in [0.25, 0.3) is 6.08 Å². The molecule has 1 aliphatic rings. The van der Waals surface area contributed by atoms with Gasteiger partial charge in [-0.3, -0.25) is 4.79 Å². The van der Waals surface area contributed by atoms with E-state index in [0.717, 1.165) is 9.13 Å². The van der Waals surface area contributed by atoms with Gasteiger partial charge in [0.1, 0.15) is 0 Å². The van der Waals surface area contributed by atoms with Crippen LogP contribution >= 0.6 is 45.8 Å². The largest absolute Gasteiger partial charge is 0.280 e. The second kappa shape index (κ2) is 6.63. The van der Waals surface area contributed by atoms with Gasteiger partial charge in [0.2, 0.25) is 0 Å². The second-order valence-corrected chi connectivity index (χ2v) is 7.07. The molecule has 0 aliphatic carbocycles. The monoisotopic (exact) mass is 456 g/mol. The van der Waals surface area contributed by atoms with Gasteiger partial charge < -0.3 is 0 Å². The Balaban J connectivity index is 1.96. The molecule has 0 saturated carbocycles. The molecule has 116 valence electrons. The first kappa shape index (κ1) is 16.5. The highest BCUT2D eigenvalue weighted by molar-refractivity contribution is 14.1. The fraction of sp³-hybridized carbons (Fsp3) is 0.0588. The lowest BCUT2D eigenvalue weighted by Gasteiger charge is -2.12. The lowest BCUT2D eigenvalue weighted by atomic mass is 10.1. The van der Waals surface area contributed by atoms with Gasteiger partial charge in [0.25, 0.3) is 5.91 Å². The van der Waals surface area contributed by atoms with Crippen LogP contribution in [0.15, 0.2) is 53.1 Å². The van der Waals surface area contributed by atoms with Crippen molar-refractivity contribution in [3.63, 3.8) is 0 Å². The summed E-state index contributed by atoms with van der Waals surface area (Å²) in [6.07, 6.45) is 1.85. The van der Waals surface area contributed by atoms with E-state index in [9.17, 15) is 4.79 Å². The van der Waals surface area contributed by atoms with E-state index in [1.165, 1.54) is 5.01 Å². The molecule has 0 spiro atoms. The second-order valence-electron chi connectivity index (χ2n) is 5.01. The van der Waals surface area contributed by atoms with Crippen LogP contribution in [0.2, 0.25) is 10.0 Å². The Bertz CT molecular complexity index is 861. The van der Waals surface area contributed by atoms with Crippen LogP contribution in [-0.4, -0.2) is 11.6 Å². The van der Waals surface area contributed by atoms with Gasteiger partial charge in [-0.05, 0) is 71.5 Å². The molecule has 0 atom stereocenters. The maximum Gasteiger partial charge on any atom is 0.280 e. The minimum absolute atomic E-state index is 0.181. The van der Waals surface area contributed by atoms with Gasteiger partial charge in [-0.1, -0.05) is 35.3 Å². The number of hydrogen-bond donors (Lipinski definition) is 0. The van der Waals surface area contributed by atoms with Crippen molar-refractivity contribution in [2.24, 2.45) is 5.10 Å². The van der Waals surface area contributed by atoms with E-state index in [1.54, 1.807) is 18.2 Å². The molecular weight excluding hydrogens is 446 g/mol. The molecule has 0 N–H and O–H groups in total. The van der Waals surface area contributed by atoms with Gasteiger partial charge in [0.15, 0.2) is 0 Å². The molecule has 0 fully saturated rings. The summed E-state index contributed by atoms with van der Waals surface area (Å²) >= 11 is 14.2. The van der Waals surface area contributed by atoms with Crippen molar-refractivity contribution in [1.29, 1.82) is 0 Å². The normalized spacial score (nSPS) is 16.2. The topological polar surface area (TPSA) is 32.7 Å². The van der Waals surface area contributed by atoms with E-state index in [2.05, 4.69) is 27.7 Å². The molecule has 23 heavy (non-hydrogen) atoms. The van der Waals surface area contributed by atoms with Gasteiger partial charge in [-0.15, -0.1) is 0 Å². The van der Waals surface area contributed by atoms with Crippen molar-refractivity contribution < 1.29 is 4.79 Å². The number of rotatable bonds is 2. The molecule has 0 saturated heterocycles. The molecule has 1 aliphatic heterocycles. The number of carbonyl (C=O) groups excluding carboxylic acids is 1. The maximum atomic E-state index is 12.7. The summed E-state index contributed by atoms with van der Waals surface area (Å²) in [6, 6.07) is 12.9. The van der Waals surface area contributed by atoms with Crippen LogP contribution in [0.3, 0.4) is 0 Å². The summed E-state index contributed by atoms with van der Waals surface area (Å²) < 4.78 is 1.11. The van der Waals surface area contributed by atoms with Gasteiger partial charge in [-0.25, -0.2) is 0 Å². The molecule has 6 heteroatoms. The average Bonchev–Trinajstić information content (AvgIpc) is 2.78. The lowest BCUT2D eigenvalue weighted by molar-refractivity contribution is -0.114. The van der Waals surface area contributed by atoms with Gasteiger partial charge in [0, 0.05) is 3.57 Å². The maximum absolute atomic E-state index is 12.7. The number of halogens is 3. The molecule has 2 aromatic rings. The molecule has 1 amide bonds. The summed E-state index contributed by atoms with van der Waals surface area (Å²) in [7, 11) is 0. The predicted octanol–water partition coefficient (Wildman–Crippen LogP) is 5.40. The van der Waals surface area contributed by atoms with Crippen LogP contribution in [0, 0.1) is 3.57 Å². The summed E-state index contributed by atoms with van der Waals surface area (Å²) in [6.45, 7) is 1.81. The fourth-order valence-electron chi connectivity index (χ4n) is 2.24. The predicted molar refractivity (Wildman–Crippen MR) is 104 cm³/mol. The Hall–Kier alpha value is -1.37. The Kier molecular flexibility index (Phi) is 4.75. The smallest absolute Gasteiger partial charge is 0.267 e. The van der Waals surface area contributed by atoms with Crippen LogP contribution in [0.4, 0.5) is 5.69 Å². The zero-order valence-corrected chi connectivity index (χ0v) is 15.7. The zero-order valence-electron chi connectivity index (χ0n) is 12.1. The van der Waals surface area contributed by atoms with Crippen molar-refractivity contribution in [3.05, 3.63) is 67.2 Å². The molecule has 0 bridgehead atoms. The van der Waals surface area contributed by atoms with Gasteiger partial charge >= 0.3 is 0 Å². The number of benzene rings is 2. The number of amides is 1. The van der Waals surface area contributed by atoms with Crippen molar-refractivity contribution in [2.75, 3.05) is 5.01 Å². The van der Waals surface area contributed by atoms with E-state index in [4.69, 9.17) is 23.2 Å². The fourth-order valence-corrected chi connectivity index (χ4v) is 3.10. The van der Waals surface area contributed by atoms with Crippen molar-refractivity contribution in [3.8, 4) is 0 Å². The Morgan fingerprint density at radius 3 is 2.61 bits per heavy atom. The highest BCUT2D eigenvalue weighted by Crippen LogP contribution is 2.30. The quantitative estimate of drug-likeness (QED) is 0.439. The molecule has 1 heterocycles. The van der Waals surface area contributed by atoms with E-state index in [-0.39, 0.29) is 5.91 Å². The summed E-state index contributed by atoms with van der Waals surface area (Å²) in [5.41, 5.74) is 2.79. The molecule has 2 aromatic carbocycles. The lowest BCUT2D eigenvalue weighted by Crippen LogP contribution is -2.21. The van der Waals surface area contributed by atoms with E-state index >= 15 is 0 Å². The van der Waals surface area contributed by atoms with Crippen LogP contribution in [-0.2, 0) is 4.79 Å². The Morgan fingerprint density at radius 1 is 1.13 bits per heavy atom. The molecule has 0 unspecified atom stereocenters. The first-order valence-corrected chi connectivity index (χ1v) is 8.61. The number of hydrogen-bond acceptors (Lipinski definition) is 2. The zero-order chi connectivity index (χ0) is 16.6. The standard InChI is InChI=1S/C17H11Cl2IN2O/c1-10-14(8-11-3-2-4-12(20)7-11)17(23)22(21-10)13-5-6-15(18)16(19)9-13/h2-9H,1H3/b14-8+. The Labute approximate surface area is 157 Å². The SMILES string of the molecule is CC1=NN(c2ccc(Cl)c(Cl)c2)C(=O)/C1=C/c1cccc(I)c1. The van der Waals surface area contributed by atoms with Crippen LogP contribution in [0.1, 0.15) is 12.5 Å². The van der Waals surface area contributed by atoms with Crippen molar-refractivity contribution in [2.45, 2.75) is 6.92 Å². The third kappa shape index (κ3) is 3.44. The number of nitrogens with zero attached hydrogens (tertiary/aromatic N) is 2. The highest BCUT2D eigenvalue weighted by Gasteiger charge is 2.28. The third-order valence-electron chi connectivity index (χ3n) is 3.37.